The molecule has 1 aromatic carbocycles. The summed E-state index contributed by atoms with van der Waals surface area (Å²) in [6.07, 6.45) is 1.58. The molecule has 1 saturated heterocycles. The fourth-order valence-corrected chi connectivity index (χ4v) is 3.05. The molecule has 1 atom stereocenters. The summed E-state index contributed by atoms with van der Waals surface area (Å²) in [4.78, 5) is 20.9. The number of carbonyl (C=O) groups excluding carboxylic acids is 1. The molecule has 1 aliphatic heterocycles. The Kier molecular flexibility index (Phi) is 5.28. The molecule has 0 radical (unpaired) electrons. The molecule has 3 rings (SSSR count). The van der Waals surface area contributed by atoms with Crippen molar-refractivity contribution in [3.8, 4) is 0 Å². The van der Waals surface area contributed by atoms with Crippen LogP contribution in [0.25, 0.3) is 0 Å². The van der Waals surface area contributed by atoms with Crippen LogP contribution in [0.4, 0.5) is 10.1 Å². The first-order valence-electron chi connectivity index (χ1n) is 8.49. The fraction of sp³-hybridized carbons (Fsp3) is 0.368. The molecule has 0 aliphatic carbocycles. The summed E-state index contributed by atoms with van der Waals surface area (Å²) < 4.78 is 13.8. The first-order chi connectivity index (χ1) is 12.0. The van der Waals surface area contributed by atoms with Gasteiger partial charge in [0, 0.05) is 43.6 Å². The first kappa shape index (κ1) is 17.4. The van der Waals surface area contributed by atoms with Gasteiger partial charge in [-0.1, -0.05) is 6.07 Å². The maximum Gasteiger partial charge on any atom is 0.270 e. The molecule has 0 unspecified atom stereocenters. The van der Waals surface area contributed by atoms with Crippen LogP contribution in [0, 0.1) is 5.82 Å². The third-order valence-corrected chi connectivity index (χ3v) is 4.55. The molecule has 5 nitrogen and oxygen atoms in total. The Bertz CT molecular complexity index is 729. The Morgan fingerprint density at radius 2 is 1.96 bits per heavy atom. The van der Waals surface area contributed by atoms with Gasteiger partial charge in [-0.2, -0.15) is 0 Å². The number of anilines is 1. The molecule has 1 N–H and O–H groups in total. The molecule has 2 heterocycles. The van der Waals surface area contributed by atoms with Crippen molar-refractivity contribution in [2.24, 2.45) is 0 Å². The number of hydrogen-bond donors (Lipinski definition) is 1. The largest absolute Gasteiger partial charge is 0.369 e. The van der Waals surface area contributed by atoms with Crippen LogP contribution in [-0.2, 0) is 0 Å². The number of halogens is 1. The van der Waals surface area contributed by atoms with Crippen molar-refractivity contribution in [3.63, 3.8) is 0 Å². The lowest BCUT2D eigenvalue weighted by atomic mass is 10.0. The Morgan fingerprint density at radius 1 is 1.20 bits per heavy atom. The smallest absolute Gasteiger partial charge is 0.270 e. The average molecular weight is 342 g/mol. The number of rotatable bonds is 4. The van der Waals surface area contributed by atoms with Crippen LogP contribution in [0.3, 0.4) is 0 Å². The van der Waals surface area contributed by atoms with E-state index in [9.17, 15) is 9.18 Å². The Morgan fingerprint density at radius 3 is 2.64 bits per heavy atom. The van der Waals surface area contributed by atoms with Crippen molar-refractivity contribution in [2.45, 2.75) is 13.0 Å². The molecule has 1 amide bonds. The second kappa shape index (κ2) is 7.61. The van der Waals surface area contributed by atoms with Gasteiger partial charge in [0.1, 0.15) is 11.5 Å². The number of likely N-dealkylation sites (N-methyl/N-ethyl adjacent to an activating group) is 1. The Balaban J connectivity index is 1.80. The van der Waals surface area contributed by atoms with Gasteiger partial charge in [-0.25, -0.2) is 4.39 Å². The molecule has 132 valence electrons. The van der Waals surface area contributed by atoms with E-state index in [4.69, 9.17) is 0 Å². The van der Waals surface area contributed by atoms with E-state index in [1.54, 1.807) is 30.5 Å². The van der Waals surface area contributed by atoms with Crippen molar-refractivity contribution in [1.82, 2.24) is 15.2 Å². The monoisotopic (exact) mass is 342 g/mol. The molecular weight excluding hydrogens is 319 g/mol. The highest BCUT2D eigenvalue weighted by Gasteiger charge is 2.21. The van der Waals surface area contributed by atoms with Gasteiger partial charge in [-0.3, -0.25) is 9.78 Å². The second-order valence-corrected chi connectivity index (χ2v) is 6.40. The average Bonchev–Trinajstić information content (AvgIpc) is 2.63. The number of piperazine rings is 1. The van der Waals surface area contributed by atoms with Gasteiger partial charge in [0.25, 0.3) is 5.91 Å². The molecule has 1 aliphatic rings. The van der Waals surface area contributed by atoms with Crippen molar-refractivity contribution < 1.29 is 9.18 Å². The van der Waals surface area contributed by atoms with Gasteiger partial charge >= 0.3 is 0 Å². The molecule has 0 saturated carbocycles. The Labute approximate surface area is 147 Å². The summed E-state index contributed by atoms with van der Waals surface area (Å²) in [5.74, 6) is -0.562. The Hall–Kier alpha value is -2.47. The first-order valence-corrected chi connectivity index (χ1v) is 8.49. The SMILES string of the molecule is C[C@@H](NC(=O)c1ccccn1)c1cc(F)ccc1N1CCN(C)CC1. The number of amides is 1. The number of hydrogen-bond acceptors (Lipinski definition) is 4. The third kappa shape index (κ3) is 4.14. The van der Waals surface area contributed by atoms with E-state index in [0.717, 1.165) is 37.4 Å². The summed E-state index contributed by atoms with van der Waals surface area (Å²) in [7, 11) is 2.10. The van der Waals surface area contributed by atoms with Gasteiger partial charge in [0.05, 0.1) is 6.04 Å². The number of nitrogens with zero attached hydrogens (tertiary/aromatic N) is 3. The maximum atomic E-state index is 13.8. The van der Waals surface area contributed by atoms with Crippen LogP contribution < -0.4 is 10.2 Å². The number of nitrogens with one attached hydrogen (secondary N) is 1. The van der Waals surface area contributed by atoms with Crippen LogP contribution in [0.5, 0.6) is 0 Å². The molecule has 0 spiro atoms. The van der Waals surface area contributed by atoms with E-state index in [-0.39, 0.29) is 17.8 Å². The molecular formula is C19H23FN4O. The van der Waals surface area contributed by atoms with Gasteiger partial charge in [0.15, 0.2) is 0 Å². The maximum absolute atomic E-state index is 13.8. The van der Waals surface area contributed by atoms with Crippen molar-refractivity contribution in [3.05, 3.63) is 59.7 Å². The van der Waals surface area contributed by atoms with Crippen LogP contribution in [-0.4, -0.2) is 49.0 Å². The van der Waals surface area contributed by atoms with Crippen LogP contribution in [0.2, 0.25) is 0 Å². The van der Waals surface area contributed by atoms with E-state index >= 15 is 0 Å². The summed E-state index contributed by atoms with van der Waals surface area (Å²) in [6, 6.07) is 9.67. The topological polar surface area (TPSA) is 48.5 Å². The lowest BCUT2D eigenvalue weighted by Crippen LogP contribution is -2.45. The van der Waals surface area contributed by atoms with E-state index in [0.29, 0.717) is 5.69 Å². The molecule has 6 heteroatoms. The minimum absolute atomic E-state index is 0.262. The van der Waals surface area contributed by atoms with Gasteiger partial charge in [-0.05, 0) is 44.3 Å². The van der Waals surface area contributed by atoms with Crippen LogP contribution in [0.15, 0.2) is 42.6 Å². The lowest BCUT2D eigenvalue weighted by Gasteiger charge is -2.36. The van der Waals surface area contributed by atoms with Crippen LogP contribution >= 0.6 is 0 Å². The number of carbonyl (C=O) groups is 1. The zero-order chi connectivity index (χ0) is 17.8. The van der Waals surface area contributed by atoms with Gasteiger partial charge < -0.3 is 15.1 Å². The minimum atomic E-state index is -0.320. The number of aromatic nitrogens is 1. The van der Waals surface area contributed by atoms with Crippen molar-refractivity contribution in [1.29, 1.82) is 0 Å². The molecule has 1 fully saturated rings. The van der Waals surface area contributed by atoms with E-state index < -0.39 is 0 Å². The zero-order valence-electron chi connectivity index (χ0n) is 14.6. The quantitative estimate of drug-likeness (QED) is 0.927. The number of pyridine rings is 1. The van der Waals surface area contributed by atoms with Gasteiger partial charge in [0.2, 0.25) is 0 Å². The van der Waals surface area contributed by atoms with Crippen molar-refractivity contribution >= 4 is 11.6 Å². The fourth-order valence-electron chi connectivity index (χ4n) is 3.05. The predicted octanol–water partition coefficient (Wildman–Crippen LogP) is 2.46. The van der Waals surface area contributed by atoms with E-state index in [1.807, 2.05) is 6.92 Å². The normalized spacial score (nSPS) is 16.5. The summed E-state index contributed by atoms with van der Waals surface area (Å²) in [5.41, 5.74) is 2.11. The lowest BCUT2D eigenvalue weighted by molar-refractivity contribution is 0.0935. The highest BCUT2D eigenvalue weighted by atomic mass is 19.1. The molecule has 0 bridgehead atoms. The van der Waals surface area contributed by atoms with E-state index in [2.05, 4.69) is 27.1 Å². The summed E-state index contributed by atoms with van der Waals surface area (Å²) >= 11 is 0. The van der Waals surface area contributed by atoms with Crippen LogP contribution in [0.1, 0.15) is 29.0 Å². The molecule has 25 heavy (non-hydrogen) atoms. The standard InChI is InChI=1S/C19H23FN4O/c1-14(22-19(25)17-5-3-4-8-21-17)16-13-15(20)6-7-18(16)24-11-9-23(2)10-12-24/h3-8,13-14H,9-12H2,1-2H3,(H,22,25)/t14-/m1/s1. The zero-order valence-corrected chi connectivity index (χ0v) is 14.6. The minimum Gasteiger partial charge on any atom is -0.369 e. The van der Waals surface area contributed by atoms with Gasteiger partial charge in [-0.15, -0.1) is 0 Å². The highest BCUT2D eigenvalue weighted by molar-refractivity contribution is 5.92. The molecule has 1 aromatic heterocycles. The third-order valence-electron chi connectivity index (χ3n) is 4.55. The summed E-state index contributed by atoms with van der Waals surface area (Å²) in [6.45, 7) is 5.57. The van der Waals surface area contributed by atoms with Crippen molar-refractivity contribution in [2.75, 3.05) is 38.1 Å². The summed E-state index contributed by atoms with van der Waals surface area (Å²) in [5, 5.41) is 2.92. The molecule has 2 aromatic rings. The highest BCUT2D eigenvalue weighted by Crippen LogP contribution is 2.28. The predicted molar refractivity (Wildman–Crippen MR) is 96.2 cm³/mol. The second-order valence-electron chi connectivity index (χ2n) is 6.40. The number of benzene rings is 1. The van der Waals surface area contributed by atoms with E-state index in [1.165, 1.54) is 12.1 Å².